The largest absolute Gasteiger partial charge is 0.383 e. The zero-order chi connectivity index (χ0) is 13.9. The van der Waals surface area contributed by atoms with Crippen molar-refractivity contribution >= 4 is 10.1 Å². The van der Waals surface area contributed by atoms with Crippen LogP contribution in [0, 0.1) is 0 Å². The number of hydrogen-bond donors (Lipinski definition) is 1. The molecule has 1 aliphatic heterocycles. The number of pyridine rings is 1. The lowest BCUT2D eigenvalue weighted by molar-refractivity contribution is -0.0706. The normalized spacial score (nSPS) is 19.3. The molecule has 1 N–H and O–H groups in total. The summed E-state index contributed by atoms with van der Waals surface area (Å²) >= 11 is 0. The Morgan fingerprint density at radius 2 is 2.16 bits per heavy atom. The summed E-state index contributed by atoms with van der Waals surface area (Å²) in [5.74, 6) is 0. The van der Waals surface area contributed by atoms with E-state index in [4.69, 9.17) is 8.92 Å². The first-order valence-corrected chi connectivity index (χ1v) is 7.81. The van der Waals surface area contributed by atoms with Gasteiger partial charge < -0.3 is 9.84 Å². The van der Waals surface area contributed by atoms with E-state index in [1.165, 1.54) is 0 Å². The molecule has 0 aromatic carbocycles. The summed E-state index contributed by atoms with van der Waals surface area (Å²) in [4.78, 5) is 4.17. The number of aliphatic hydroxyl groups is 1. The molecule has 1 fully saturated rings. The molecule has 0 amide bonds. The van der Waals surface area contributed by atoms with Gasteiger partial charge in [0.25, 0.3) is 10.1 Å². The fourth-order valence-electron chi connectivity index (χ4n) is 1.96. The molecule has 1 aliphatic rings. The van der Waals surface area contributed by atoms with Gasteiger partial charge in [0.2, 0.25) is 0 Å². The minimum absolute atomic E-state index is 0.0546. The molecule has 7 heteroatoms. The Morgan fingerprint density at radius 1 is 1.47 bits per heavy atom. The van der Waals surface area contributed by atoms with E-state index < -0.39 is 15.7 Å². The van der Waals surface area contributed by atoms with Gasteiger partial charge in [-0.3, -0.25) is 9.17 Å². The van der Waals surface area contributed by atoms with Crippen LogP contribution in [0.4, 0.5) is 0 Å². The lowest BCUT2D eigenvalue weighted by Crippen LogP contribution is -2.34. The maximum atomic E-state index is 11.0. The SMILES string of the molecule is CS(=O)(=O)OCc1ccnc(C2(O)CCOCC2)c1. The number of aromatic nitrogens is 1. The monoisotopic (exact) mass is 287 g/mol. The van der Waals surface area contributed by atoms with E-state index in [1.807, 2.05) is 0 Å². The molecule has 6 nitrogen and oxygen atoms in total. The van der Waals surface area contributed by atoms with Crippen LogP contribution in [0.5, 0.6) is 0 Å². The standard InChI is InChI=1S/C12H17NO5S/c1-19(15,16)18-9-10-2-5-13-11(8-10)12(14)3-6-17-7-4-12/h2,5,8,14H,3-4,6-7,9H2,1H3. The summed E-state index contributed by atoms with van der Waals surface area (Å²) in [6, 6.07) is 3.34. The second kappa shape index (κ2) is 5.54. The fourth-order valence-corrected chi connectivity index (χ4v) is 2.31. The lowest BCUT2D eigenvalue weighted by atomic mass is 9.90. The Kier molecular flexibility index (Phi) is 4.19. The van der Waals surface area contributed by atoms with Crippen LogP contribution < -0.4 is 0 Å². The van der Waals surface area contributed by atoms with E-state index in [0.29, 0.717) is 37.3 Å². The first kappa shape index (κ1) is 14.4. The average molecular weight is 287 g/mol. The van der Waals surface area contributed by atoms with Crippen molar-refractivity contribution in [1.82, 2.24) is 4.98 Å². The molecule has 1 aromatic rings. The van der Waals surface area contributed by atoms with Crippen LogP contribution in [0.15, 0.2) is 18.3 Å². The third-order valence-corrected chi connectivity index (χ3v) is 3.61. The molecule has 0 radical (unpaired) electrons. The van der Waals surface area contributed by atoms with Gasteiger partial charge >= 0.3 is 0 Å². The molecule has 2 heterocycles. The minimum atomic E-state index is -3.48. The van der Waals surface area contributed by atoms with Gasteiger partial charge in [-0.05, 0) is 17.7 Å². The van der Waals surface area contributed by atoms with Gasteiger partial charge in [0.15, 0.2) is 0 Å². The average Bonchev–Trinajstić information content (AvgIpc) is 2.37. The molecule has 0 aliphatic carbocycles. The molecule has 19 heavy (non-hydrogen) atoms. The highest BCUT2D eigenvalue weighted by Gasteiger charge is 2.33. The summed E-state index contributed by atoms with van der Waals surface area (Å²) < 4.78 is 31.8. The van der Waals surface area contributed by atoms with Crippen LogP contribution >= 0.6 is 0 Å². The Labute approximate surface area is 112 Å². The molecule has 106 valence electrons. The summed E-state index contributed by atoms with van der Waals surface area (Å²) in [6.45, 7) is 0.922. The van der Waals surface area contributed by atoms with E-state index in [9.17, 15) is 13.5 Å². The van der Waals surface area contributed by atoms with Gasteiger partial charge in [0.1, 0.15) is 5.60 Å². The number of ether oxygens (including phenoxy) is 1. The molecule has 0 saturated carbocycles. The van der Waals surface area contributed by atoms with E-state index in [0.717, 1.165) is 6.26 Å². The zero-order valence-corrected chi connectivity index (χ0v) is 11.5. The van der Waals surface area contributed by atoms with Crippen molar-refractivity contribution in [3.8, 4) is 0 Å². The maximum Gasteiger partial charge on any atom is 0.264 e. The Morgan fingerprint density at radius 3 is 2.79 bits per heavy atom. The molecule has 0 atom stereocenters. The van der Waals surface area contributed by atoms with Gasteiger partial charge in [-0.15, -0.1) is 0 Å². The third-order valence-electron chi connectivity index (χ3n) is 3.06. The van der Waals surface area contributed by atoms with Crippen LogP contribution in [0.2, 0.25) is 0 Å². The summed E-state index contributed by atoms with van der Waals surface area (Å²) in [5, 5.41) is 10.5. The number of hydrogen-bond acceptors (Lipinski definition) is 6. The Bertz CT molecular complexity index is 537. The first-order chi connectivity index (χ1) is 8.89. The first-order valence-electron chi connectivity index (χ1n) is 5.99. The Hall–Kier alpha value is -1.02. The van der Waals surface area contributed by atoms with Crippen molar-refractivity contribution in [1.29, 1.82) is 0 Å². The van der Waals surface area contributed by atoms with Crippen molar-refractivity contribution in [2.45, 2.75) is 25.0 Å². The predicted octanol–water partition coefficient (Wildman–Crippen LogP) is 0.556. The predicted molar refractivity (Wildman–Crippen MR) is 67.8 cm³/mol. The number of rotatable bonds is 4. The van der Waals surface area contributed by atoms with Gasteiger partial charge in [0, 0.05) is 32.3 Å². The van der Waals surface area contributed by atoms with Crippen LogP contribution in [0.3, 0.4) is 0 Å². The highest BCUT2D eigenvalue weighted by molar-refractivity contribution is 7.85. The molecular weight excluding hydrogens is 270 g/mol. The summed E-state index contributed by atoms with van der Waals surface area (Å²) in [6.07, 6.45) is 3.51. The van der Waals surface area contributed by atoms with Gasteiger partial charge in [0.05, 0.1) is 18.6 Å². The van der Waals surface area contributed by atoms with Gasteiger partial charge in [-0.2, -0.15) is 8.42 Å². The van der Waals surface area contributed by atoms with Crippen molar-refractivity contribution in [2.75, 3.05) is 19.5 Å². The van der Waals surface area contributed by atoms with Gasteiger partial charge in [-0.25, -0.2) is 0 Å². The zero-order valence-electron chi connectivity index (χ0n) is 10.7. The van der Waals surface area contributed by atoms with Gasteiger partial charge in [-0.1, -0.05) is 0 Å². The lowest BCUT2D eigenvalue weighted by Gasteiger charge is -2.31. The Balaban J connectivity index is 2.14. The number of nitrogens with zero attached hydrogens (tertiary/aromatic N) is 1. The molecule has 0 spiro atoms. The van der Waals surface area contributed by atoms with Crippen LogP contribution in [-0.4, -0.2) is 38.0 Å². The maximum absolute atomic E-state index is 11.0. The van der Waals surface area contributed by atoms with Crippen molar-refractivity contribution in [3.63, 3.8) is 0 Å². The fraction of sp³-hybridized carbons (Fsp3) is 0.583. The molecule has 0 unspecified atom stereocenters. The molecular formula is C12H17NO5S. The highest BCUT2D eigenvalue weighted by atomic mass is 32.2. The molecule has 1 aromatic heterocycles. The van der Waals surface area contributed by atoms with Crippen molar-refractivity contribution in [2.24, 2.45) is 0 Å². The molecule has 1 saturated heterocycles. The topological polar surface area (TPSA) is 85.7 Å². The minimum Gasteiger partial charge on any atom is -0.383 e. The second-order valence-electron chi connectivity index (χ2n) is 4.66. The van der Waals surface area contributed by atoms with Crippen LogP contribution in [0.25, 0.3) is 0 Å². The second-order valence-corrected chi connectivity index (χ2v) is 6.30. The van der Waals surface area contributed by atoms with Crippen LogP contribution in [0.1, 0.15) is 24.1 Å². The third kappa shape index (κ3) is 3.97. The highest BCUT2D eigenvalue weighted by Crippen LogP contribution is 2.30. The quantitative estimate of drug-likeness (QED) is 0.814. The van der Waals surface area contributed by atoms with E-state index in [-0.39, 0.29) is 6.61 Å². The van der Waals surface area contributed by atoms with E-state index in [1.54, 1.807) is 18.3 Å². The molecule has 0 bridgehead atoms. The van der Waals surface area contributed by atoms with E-state index >= 15 is 0 Å². The van der Waals surface area contributed by atoms with Crippen LogP contribution in [-0.2, 0) is 31.2 Å². The smallest absolute Gasteiger partial charge is 0.264 e. The van der Waals surface area contributed by atoms with Crippen molar-refractivity contribution in [3.05, 3.63) is 29.6 Å². The van der Waals surface area contributed by atoms with E-state index in [2.05, 4.69) is 4.98 Å². The summed E-state index contributed by atoms with van der Waals surface area (Å²) in [7, 11) is -3.48. The van der Waals surface area contributed by atoms with Crippen molar-refractivity contribution < 1.29 is 22.4 Å². The summed E-state index contributed by atoms with van der Waals surface area (Å²) in [5.41, 5.74) is 0.194. The molecule has 2 rings (SSSR count).